The molecule has 2 aromatic heterocycles. The lowest BCUT2D eigenvalue weighted by molar-refractivity contribution is 0.202. The van der Waals surface area contributed by atoms with E-state index < -0.39 is 0 Å². The SMILES string of the molecule is NCc1nc(C2CCN(Cc3cnn(Cc4ccc(F)cc4)c3)CC2)n[nH]1. The number of benzene rings is 1. The van der Waals surface area contributed by atoms with Gasteiger partial charge in [-0.05, 0) is 43.6 Å². The van der Waals surface area contributed by atoms with Crippen molar-refractivity contribution in [3.63, 3.8) is 0 Å². The summed E-state index contributed by atoms with van der Waals surface area (Å²) in [6.07, 6.45) is 6.08. The molecule has 0 aliphatic carbocycles. The first kappa shape index (κ1) is 17.8. The number of rotatable bonds is 6. The van der Waals surface area contributed by atoms with Crippen LogP contribution in [0.4, 0.5) is 4.39 Å². The zero-order valence-corrected chi connectivity index (χ0v) is 15.2. The van der Waals surface area contributed by atoms with E-state index in [1.165, 1.54) is 17.7 Å². The molecule has 8 heteroatoms. The highest BCUT2D eigenvalue weighted by Gasteiger charge is 2.23. The van der Waals surface area contributed by atoms with Crippen molar-refractivity contribution in [2.24, 2.45) is 5.73 Å². The summed E-state index contributed by atoms with van der Waals surface area (Å²) in [6.45, 7) is 3.96. The smallest absolute Gasteiger partial charge is 0.153 e. The second-order valence-corrected chi connectivity index (χ2v) is 7.07. The lowest BCUT2D eigenvalue weighted by Gasteiger charge is -2.30. The van der Waals surface area contributed by atoms with E-state index in [9.17, 15) is 4.39 Å². The van der Waals surface area contributed by atoms with Crippen molar-refractivity contribution in [3.8, 4) is 0 Å². The average molecular weight is 369 g/mol. The Morgan fingerprint density at radius 2 is 1.89 bits per heavy atom. The van der Waals surface area contributed by atoms with E-state index in [2.05, 4.69) is 31.4 Å². The van der Waals surface area contributed by atoms with Crippen molar-refractivity contribution >= 4 is 0 Å². The number of halogens is 1. The van der Waals surface area contributed by atoms with Crippen LogP contribution in [0.25, 0.3) is 0 Å². The quantitative estimate of drug-likeness (QED) is 0.694. The van der Waals surface area contributed by atoms with Gasteiger partial charge in [0.1, 0.15) is 11.6 Å². The zero-order valence-electron chi connectivity index (χ0n) is 15.2. The van der Waals surface area contributed by atoms with Gasteiger partial charge in [-0.3, -0.25) is 14.7 Å². The Hall–Kier alpha value is -2.58. The van der Waals surface area contributed by atoms with Gasteiger partial charge in [-0.1, -0.05) is 12.1 Å². The van der Waals surface area contributed by atoms with Crippen LogP contribution in [-0.4, -0.2) is 43.0 Å². The standard InChI is InChI=1S/C19H24FN7/c20-17-3-1-14(2-4-17)12-27-13-15(10-22-27)11-26-7-5-16(6-8-26)19-23-18(9-21)24-25-19/h1-4,10,13,16H,5-9,11-12,21H2,(H,23,24,25). The number of piperidine rings is 1. The maximum atomic E-state index is 13.0. The van der Waals surface area contributed by atoms with Crippen molar-refractivity contribution in [3.05, 3.63) is 65.3 Å². The van der Waals surface area contributed by atoms with E-state index in [0.717, 1.165) is 49.7 Å². The molecule has 0 amide bonds. The van der Waals surface area contributed by atoms with Crippen LogP contribution in [0.2, 0.25) is 0 Å². The molecular weight excluding hydrogens is 345 g/mol. The van der Waals surface area contributed by atoms with Crippen LogP contribution in [0.15, 0.2) is 36.7 Å². The Morgan fingerprint density at radius 1 is 1.11 bits per heavy atom. The van der Waals surface area contributed by atoms with Crippen LogP contribution in [0.5, 0.6) is 0 Å². The summed E-state index contributed by atoms with van der Waals surface area (Å²) < 4.78 is 14.9. The number of aromatic amines is 1. The van der Waals surface area contributed by atoms with Gasteiger partial charge in [0.2, 0.25) is 0 Å². The fourth-order valence-electron chi connectivity index (χ4n) is 3.54. The maximum absolute atomic E-state index is 13.0. The van der Waals surface area contributed by atoms with Crippen molar-refractivity contribution in [1.29, 1.82) is 0 Å². The summed E-state index contributed by atoms with van der Waals surface area (Å²) >= 11 is 0. The summed E-state index contributed by atoms with van der Waals surface area (Å²) in [5.41, 5.74) is 7.82. The molecule has 1 saturated heterocycles. The van der Waals surface area contributed by atoms with Gasteiger partial charge in [-0.2, -0.15) is 10.2 Å². The molecule has 142 valence electrons. The van der Waals surface area contributed by atoms with Crippen molar-refractivity contribution in [1.82, 2.24) is 29.9 Å². The fraction of sp³-hybridized carbons (Fsp3) is 0.421. The molecule has 1 fully saturated rings. The summed E-state index contributed by atoms with van der Waals surface area (Å²) in [4.78, 5) is 6.90. The number of likely N-dealkylation sites (tertiary alicyclic amines) is 1. The lowest BCUT2D eigenvalue weighted by Crippen LogP contribution is -2.32. The third kappa shape index (κ3) is 4.40. The molecule has 1 aromatic carbocycles. The van der Waals surface area contributed by atoms with Gasteiger partial charge in [0.15, 0.2) is 5.82 Å². The fourth-order valence-corrected chi connectivity index (χ4v) is 3.54. The van der Waals surface area contributed by atoms with Crippen LogP contribution in [0, 0.1) is 5.82 Å². The molecule has 1 aliphatic rings. The van der Waals surface area contributed by atoms with E-state index in [1.807, 2.05) is 10.9 Å². The van der Waals surface area contributed by atoms with E-state index in [4.69, 9.17) is 5.73 Å². The minimum absolute atomic E-state index is 0.215. The number of aromatic nitrogens is 5. The summed E-state index contributed by atoms with van der Waals surface area (Å²) in [6, 6.07) is 6.55. The minimum Gasteiger partial charge on any atom is -0.324 e. The monoisotopic (exact) mass is 369 g/mol. The average Bonchev–Trinajstić information content (AvgIpc) is 3.34. The van der Waals surface area contributed by atoms with Crippen molar-refractivity contribution in [2.75, 3.05) is 13.1 Å². The second-order valence-electron chi connectivity index (χ2n) is 7.07. The van der Waals surface area contributed by atoms with Gasteiger partial charge >= 0.3 is 0 Å². The molecule has 0 atom stereocenters. The molecule has 0 unspecified atom stereocenters. The maximum Gasteiger partial charge on any atom is 0.153 e. The van der Waals surface area contributed by atoms with Crippen LogP contribution in [0.1, 0.15) is 41.5 Å². The molecule has 0 bridgehead atoms. The van der Waals surface area contributed by atoms with Gasteiger partial charge in [-0.15, -0.1) is 0 Å². The highest BCUT2D eigenvalue weighted by Crippen LogP contribution is 2.26. The Kier molecular flexibility index (Phi) is 5.26. The molecule has 3 heterocycles. The van der Waals surface area contributed by atoms with Crippen LogP contribution < -0.4 is 5.73 Å². The Morgan fingerprint density at radius 3 is 2.59 bits per heavy atom. The molecule has 0 radical (unpaired) electrons. The number of nitrogens with two attached hydrogens (primary N) is 1. The predicted molar refractivity (Wildman–Crippen MR) is 99.3 cm³/mol. The predicted octanol–water partition coefficient (Wildman–Crippen LogP) is 2.03. The van der Waals surface area contributed by atoms with Crippen LogP contribution >= 0.6 is 0 Å². The summed E-state index contributed by atoms with van der Waals surface area (Å²) in [5, 5.41) is 11.6. The lowest BCUT2D eigenvalue weighted by atomic mass is 9.96. The number of nitrogens with zero attached hydrogens (tertiary/aromatic N) is 5. The van der Waals surface area contributed by atoms with E-state index in [1.54, 1.807) is 12.1 Å². The number of nitrogens with one attached hydrogen (secondary N) is 1. The molecule has 1 aliphatic heterocycles. The third-order valence-electron chi connectivity index (χ3n) is 5.05. The van der Waals surface area contributed by atoms with E-state index in [0.29, 0.717) is 19.0 Å². The topological polar surface area (TPSA) is 88.7 Å². The van der Waals surface area contributed by atoms with Gasteiger partial charge in [0.05, 0.1) is 19.3 Å². The van der Waals surface area contributed by atoms with E-state index >= 15 is 0 Å². The highest BCUT2D eigenvalue weighted by molar-refractivity contribution is 5.17. The van der Waals surface area contributed by atoms with Gasteiger partial charge < -0.3 is 5.73 Å². The Bertz CT molecular complexity index is 862. The summed E-state index contributed by atoms with van der Waals surface area (Å²) in [5.74, 6) is 1.83. The normalized spacial score (nSPS) is 16.1. The van der Waals surface area contributed by atoms with Crippen molar-refractivity contribution in [2.45, 2.75) is 38.4 Å². The molecule has 3 N–H and O–H groups in total. The molecule has 4 rings (SSSR count). The Balaban J connectivity index is 1.29. The first-order chi connectivity index (χ1) is 13.2. The van der Waals surface area contributed by atoms with Gasteiger partial charge in [-0.25, -0.2) is 9.37 Å². The zero-order chi connectivity index (χ0) is 18.6. The molecule has 0 spiro atoms. The van der Waals surface area contributed by atoms with Crippen molar-refractivity contribution < 1.29 is 4.39 Å². The van der Waals surface area contributed by atoms with Crippen LogP contribution in [0.3, 0.4) is 0 Å². The molecular formula is C19H24FN7. The Labute approximate surface area is 157 Å². The molecule has 0 saturated carbocycles. The van der Waals surface area contributed by atoms with E-state index in [-0.39, 0.29) is 5.82 Å². The molecule has 3 aromatic rings. The number of hydrogen-bond acceptors (Lipinski definition) is 5. The second kappa shape index (κ2) is 7.98. The molecule has 27 heavy (non-hydrogen) atoms. The number of hydrogen-bond donors (Lipinski definition) is 2. The first-order valence-corrected chi connectivity index (χ1v) is 9.29. The highest BCUT2D eigenvalue weighted by atomic mass is 19.1. The van der Waals surface area contributed by atoms with Gasteiger partial charge in [0, 0.05) is 24.2 Å². The first-order valence-electron chi connectivity index (χ1n) is 9.29. The van der Waals surface area contributed by atoms with Gasteiger partial charge in [0.25, 0.3) is 0 Å². The minimum atomic E-state index is -0.215. The number of H-pyrrole nitrogens is 1. The van der Waals surface area contributed by atoms with Crippen LogP contribution in [-0.2, 0) is 19.6 Å². The largest absolute Gasteiger partial charge is 0.324 e. The third-order valence-corrected chi connectivity index (χ3v) is 5.05. The summed E-state index contributed by atoms with van der Waals surface area (Å²) in [7, 11) is 0. The molecule has 7 nitrogen and oxygen atoms in total.